The quantitative estimate of drug-likeness (QED) is 0.437. The molecule has 0 aliphatic rings. The molecule has 2 N–H and O–H groups in total. The predicted octanol–water partition coefficient (Wildman–Crippen LogP) is 1.65. The average molecular weight is 204 g/mol. The molecule has 0 aliphatic carbocycles. The molecule has 0 atom stereocenters. The minimum absolute atomic E-state index is 0.300. The molecule has 0 amide bonds. The lowest BCUT2D eigenvalue weighted by molar-refractivity contribution is 0.877. The summed E-state index contributed by atoms with van der Waals surface area (Å²) < 4.78 is 0. The van der Waals surface area contributed by atoms with Crippen LogP contribution in [0.4, 0.5) is 5.82 Å². The number of rotatable bonds is 2. The molecule has 0 aliphatic heterocycles. The summed E-state index contributed by atoms with van der Waals surface area (Å²) in [5, 5.41) is 0.578. The Labute approximate surface area is 81.8 Å². The van der Waals surface area contributed by atoms with Crippen molar-refractivity contribution in [3.05, 3.63) is 11.4 Å². The van der Waals surface area contributed by atoms with Crippen LogP contribution in [-0.4, -0.2) is 9.97 Å². The molecule has 0 fully saturated rings. The predicted molar refractivity (Wildman–Crippen MR) is 52.6 cm³/mol. The SMILES string of the molecule is CCc1nc(N)c(CCl)c(S)n1. The van der Waals surface area contributed by atoms with Crippen LogP contribution in [0.5, 0.6) is 0 Å². The van der Waals surface area contributed by atoms with Gasteiger partial charge in [0, 0.05) is 12.0 Å². The molecule has 0 unspecified atom stereocenters. The second kappa shape index (κ2) is 3.96. The lowest BCUT2D eigenvalue weighted by atomic mass is 10.3. The third-order valence-corrected chi connectivity index (χ3v) is 2.15. The van der Waals surface area contributed by atoms with E-state index in [1.54, 1.807) is 0 Å². The summed E-state index contributed by atoms with van der Waals surface area (Å²) in [5.74, 6) is 1.43. The smallest absolute Gasteiger partial charge is 0.132 e. The largest absolute Gasteiger partial charge is 0.383 e. The normalized spacial score (nSPS) is 10.2. The van der Waals surface area contributed by atoms with E-state index in [1.807, 2.05) is 6.92 Å². The molecule has 1 aromatic rings. The molecular formula is C7H10ClN3S. The molecule has 0 bridgehead atoms. The van der Waals surface area contributed by atoms with Gasteiger partial charge in [0.1, 0.15) is 16.7 Å². The third-order valence-electron chi connectivity index (χ3n) is 1.51. The molecule has 0 saturated heterocycles. The summed E-state index contributed by atoms with van der Waals surface area (Å²) >= 11 is 9.78. The van der Waals surface area contributed by atoms with E-state index in [2.05, 4.69) is 22.6 Å². The van der Waals surface area contributed by atoms with Crippen molar-refractivity contribution in [1.29, 1.82) is 0 Å². The highest BCUT2D eigenvalue weighted by atomic mass is 35.5. The second-order valence-corrected chi connectivity index (χ2v) is 3.01. The Morgan fingerprint density at radius 3 is 2.58 bits per heavy atom. The number of aromatic nitrogens is 2. The molecule has 1 rings (SSSR count). The minimum atomic E-state index is 0.300. The van der Waals surface area contributed by atoms with Gasteiger partial charge in [0.15, 0.2) is 0 Å². The number of nitrogen functional groups attached to an aromatic ring is 1. The molecule has 1 heterocycles. The number of nitrogens with zero attached hydrogens (tertiary/aromatic N) is 2. The van der Waals surface area contributed by atoms with Gasteiger partial charge in [-0.25, -0.2) is 9.97 Å². The van der Waals surface area contributed by atoms with Gasteiger partial charge in [-0.2, -0.15) is 0 Å². The molecule has 0 spiro atoms. The summed E-state index contributed by atoms with van der Waals surface area (Å²) in [6.07, 6.45) is 0.750. The highest BCUT2D eigenvalue weighted by Crippen LogP contribution is 2.19. The van der Waals surface area contributed by atoms with Crippen LogP contribution in [-0.2, 0) is 12.3 Å². The van der Waals surface area contributed by atoms with Crippen LogP contribution in [0.25, 0.3) is 0 Å². The van der Waals surface area contributed by atoms with Crippen molar-refractivity contribution in [1.82, 2.24) is 9.97 Å². The van der Waals surface area contributed by atoms with Gasteiger partial charge < -0.3 is 5.73 Å². The van der Waals surface area contributed by atoms with Gasteiger partial charge in [0.2, 0.25) is 0 Å². The number of halogens is 1. The standard InChI is InChI=1S/C7H10ClN3S/c1-2-5-10-6(9)4(3-8)7(12)11-5/h2-3H2,1H3,(H3,9,10,11,12). The highest BCUT2D eigenvalue weighted by Gasteiger charge is 2.07. The summed E-state index contributed by atoms with van der Waals surface area (Å²) in [4.78, 5) is 8.17. The molecule has 5 heteroatoms. The first kappa shape index (κ1) is 9.61. The Bertz CT molecular complexity index is 267. The number of alkyl halides is 1. The van der Waals surface area contributed by atoms with E-state index in [0.717, 1.165) is 6.42 Å². The molecule has 0 aromatic carbocycles. The van der Waals surface area contributed by atoms with Gasteiger partial charge in [0.05, 0.1) is 5.88 Å². The van der Waals surface area contributed by atoms with Gasteiger partial charge in [-0.15, -0.1) is 24.2 Å². The number of thiol groups is 1. The highest BCUT2D eigenvalue weighted by molar-refractivity contribution is 7.80. The van der Waals surface area contributed by atoms with Crippen LogP contribution in [0.2, 0.25) is 0 Å². The summed E-state index contributed by atoms with van der Waals surface area (Å²) in [5.41, 5.74) is 6.33. The zero-order valence-electron chi connectivity index (χ0n) is 6.71. The molecule has 0 saturated carbocycles. The van der Waals surface area contributed by atoms with E-state index in [4.69, 9.17) is 17.3 Å². The van der Waals surface area contributed by atoms with Crippen molar-refractivity contribution < 1.29 is 0 Å². The van der Waals surface area contributed by atoms with Gasteiger partial charge in [-0.05, 0) is 0 Å². The second-order valence-electron chi connectivity index (χ2n) is 2.31. The van der Waals surface area contributed by atoms with Gasteiger partial charge in [-0.1, -0.05) is 6.92 Å². The molecule has 3 nitrogen and oxygen atoms in total. The van der Waals surface area contributed by atoms with Crippen molar-refractivity contribution >= 4 is 30.0 Å². The van der Waals surface area contributed by atoms with Crippen molar-refractivity contribution in [3.8, 4) is 0 Å². The molecule has 66 valence electrons. The first-order valence-corrected chi connectivity index (χ1v) is 4.57. The number of nitrogens with two attached hydrogens (primary N) is 1. The number of aryl methyl sites for hydroxylation is 1. The maximum Gasteiger partial charge on any atom is 0.132 e. The fraction of sp³-hybridized carbons (Fsp3) is 0.429. The lowest BCUT2D eigenvalue weighted by Crippen LogP contribution is -2.04. The monoisotopic (exact) mass is 203 g/mol. The van der Waals surface area contributed by atoms with E-state index in [9.17, 15) is 0 Å². The maximum atomic E-state index is 5.62. The zero-order chi connectivity index (χ0) is 9.14. The number of hydrogen-bond acceptors (Lipinski definition) is 4. The number of anilines is 1. The topological polar surface area (TPSA) is 51.8 Å². The van der Waals surface area contributed by atoms with Crippen LogP contribution in [0.3, 0.4) is 0 Å². The molecular weight excluding hydrogens is 194 g/mol. The summed E-state index contributed by atoms with van der Waals surface area (Å²) in [6.45, 7) is 1.96. The Kier molecular flexibility index (Phi) is 3.17. The molecule has 12 heavy (non-hydrogen) atoms. The fourth-order valence-electron chi connectivity index (χ4n) is 0.822. The summed E-state index contributed by atoms with van der Waals surface area (Å²) in [7, 11) is 0. The maximum absolute atomic E-state index is 5.62. The van der Waals surface area contributed by atoms with Gasteiger partial charge >= 0.3 is 0 Å². The van der Waals surface area contributed by atoms with Crippen molar-refractivity contribution in [2.24, 2.45) is 0 Å². The van der Waals surface area contributed by atoms with E-state index in [-0.39, 0.29) is 0 Å². The molecule has 0 radical (unpaired) electrons. The minimum Gasteiger partial charge on any atom is -0.383 e. The first-order valence-electron chi connectivity index (χ1n) is 3.59. The van der Waals surface area contributed by atoms with E-state index in [0.29, 0.717) is 28.1 Å². The Balaban J connectivity index is 3.18. The van der Waals surface area contributed by atoms with E-state index in [1.165, 1.54) is 0 Å². The first-order chi connectivity index (χ1) is 5.69. The van der Waals surface area contributed by atoms with Crippen LogP contribution < -0.4 is 5.73 Å². The van der Waals surface area contributed by atoms with Crippen molar-refractivity contribution in [2.45, 2.75) is 24.3 Å². The van der Waals surface area contributed by atoms with E-state index >= 15 is 0 Å². The summed E-state index contributed by atoms with van der Waals surface area (Å²) in [6, 6.07) is 0. The number of hydrogen-bond donors (Lipinski definition) is 2. The Hall–Kier alpha value is -0.480. The fourth-order valence-corrected chi connectivity index (χ4v) is 1.49. The van der Waals surface area contributed by atoms with Crippen molar-refractivity contribution in [2.75, 3.05) is 5.73 Å². The Morgan fingerprint density at radius 2 is 2.17 bits per heavy atom. The average Bonchev–Trinajstić information content (AvgIpc) is 2.03. The van der Waals surface area contributed by atoms with Crippen molar-refractivity contribution in [3.63, 3.8) is 0 Å². The zero-order valence-corrected chi connectivity index (χ0v) is 8.36. The van der Waals surface area contributed by atoms with Crippen LogP contribution >= 0.6 is 24.2 Å². The Morgan fingerprint density at radius 1 is 1.50 bits per heavy atom. The van der Waals surface area contributed by atoms with Gasteiger partial charge in [-0.3, -0.25) is 0 Å². The molecule has 1 aromatic heterocycles. The lowest BCUT2D eigenvalue weighted by Gasteiger charge is -2.05. The third kappa shape index (κ3) is 1.81. The van der Waals surface area contributed by atoms with E-state index < -0.39 is 0 Å². The van der Waals surface area contributed by atoms with Crippen LogP contribution in [0.15, 0.2) is 5.03 Å². The van der Waals surface area contributed by atoms with Crippen LogP contribution in [0.1, 0.15) is 18.3 Å². The van der Waals surface area contributed by atoms with Crippen LogP contribution in [0, 0.1) is 0 Å². The van der Waals surface area contributed by atoms with Gasteiger partial charge in [0.25, 0.3) is 0 Å².